The molecule has 8 heteroatoms. The molecule has 1 atom stereocenters. The zero-order chi connectivity index (χ0) is 20.4. The van der Waals surface area contributed by atoms with Crippen molar-refractivity contribution in [3.63, 3.8) is 0 Å². The fourth-order valence-electron chi connectivity index (χ4n) is 3.47. The first-order valence-electron chi connectivity index (χ1n) is 9.73. The number of carbonyl (C=O) groups is 2. The summed E-state index contributed by atoms with van der Waals surface area (Å²) in [5, 5.41) is 2.97. The van der Waals surface area contributed by atoms with Gasteiger partial charge in [-0.3, -0.25) is 14.3 Å². The summed E-state index contributed by atoms with van der Waals surface area (Å²) in [6, 6.07) is 14.2. The maximum absolute atomic E-state index is 12.9. The Morgan fingerprint density at radius 1 is 0.931 bits per heavy atom. The van der Waals surface area contributed by atoms with Gasteiger partial charge >= 0.3 is 0 Å². The first kappa shape index (κ1) is 19.4. The van der Waals surface area contributed by atoms with Crippen LogP contribution in [-0.4, -0.2) is 43.8 Å². The Hall–Kier alpha value is -2.87. The molecule has 2 aromatic carbocycles. The number of rotatable bonds is 6. The molecule has 0 bridgehead atoms. The second-order valence-electron chi connectivity index (χ2n) is 7.44. The van der Waals surface area contributed by atoms with Crippen molar-refractivity contribution in [3.8, 4) is 0 Å². The fourth-order valence-corrected chi connectivity index (χ4v) is 4.55. The van der Waals surface area contributed by atoms with Crippen LogP contribution in [0.15, 0.2) is 59.5 Å². The fraction of sp³-hybridized carbons (Fsp3) is 0.333. The molecule has 7 nitrogen and oxygen atoms in total. The Balaban J connectivity index is 1.44. The van der Waals surface area contributed by atoms with Gasteiger partial charge in [0, 0.05) is 23.8 Å². The van der Waals surface area contributed by atoms with E-state index in [1.54, 1.807) is 47.4 Å². The summed E-state index contributed by atoms with van der Waals surface area (Å²) in [7, 11) is -3.69. The lowest BCUT2D eigenvalue weighted by atomic mass is 10.1. The van der Waals surface area contributed by atoms with Crippen molar-refractivity contribution < 1.29 is 18.0 Å². The molecule has 4 rings (SSSR count). The standard InChI is InChI=1S/C21H23N3O4S/c25-20(22-16-12-13-16)19-7-4-14-24(19)21(26)15-8-10-17(11-9-15)23-29(27,28)18-5-2-1-3-6-18/h1-3,5-6,8-11,16,19,23H,4,7,12-14H2,(H,22,25). The summed E-state index contributed by atoms with van der Waals surface area (Å²) in [5.74, 6) is -0.290. The lowest BCUT2D eigenvalue weighted by Gasteiger charge is -2.24. The predicted octanol–water partition coefficient (Wildman–Crippen LogP) is 2.37. The first-order chi connectivity index (χ1) is 13.9. The number of likely N-dealkylation sites (tertiary alicyclic amines) is 1. The van der Waals surface area contributed by atoms with Crippen LogP contribution in [0, 0.1) is 0 Å². The molecule has 2 fully saturated rings. The lowest BCUT2D eigenvalue weighted by Crippen LogP contribution is -2.46. The van der Waals surface area contributed by atoms with Crippen molar-refractivity contribution in [1.29, 1.82) is 0 Å². The first-order valence-corrected chi connectivity index (χ1v) is 11.2. The van der Waals surface area contributed by atoms with Crippen LogP contribution in [0.3, 0.4) is 0 Å². The number of nitrogens with one attached hydrogen (secondary N) is 2. The van der Waals surface area contributed by atoms with Crippen LogP contribution in [-0.2, 0) is 14.8 Å². The number of anilines is 1. The van der Waals surface area contributed by atoms with E-state index in [4.69, 9.17) is 0 Å². The van der Waals surface area contributed by atoms with Gasteiger partial charge < -0.3 is 10.2 Å². The Morgan fingerprint density at radius 2 is 1.62 bits per heavy atom. The molecule has 1 saturated carbocycles. The van der Waals surface area contributed by atoms with E-state index in [9.17, 15) is 18.0 Å². The molecule has 2 aliphatic rings. The zero-order valence-corrected chi connectivity index (χ0v) is 16.7. The number of benzene rings is 2. The number of hydrogen-bond acceptors (Lipinski definition) is 4. The van der Waals surface area contributed by atoms with Gasteiger partial charge in [-0.1, -0.05) is 18.2 Å². The zero-order valence-electron chi connectivity index (χ0n) is 15.9. The van der Waals surface area contributed by atoms with E-state index in [0.29, 0.717) is 24.2 Å². The Bertz CT molecular complexity index is 1000. The van der Waals surface area contributed by atoms with Crippen molar-refractivity contribution >= 4 is 27.5 Å². The van der Waals surface area contributed by atoms with Crippen LogP contribution < -0.4 is 10.0 Å². The van der Waals surface area contributed by atoms with E-state index in [1.165, 1.54) is 12.1 Å². The second kappa shape index (κ2) is 7.87. The molecular formula is C21H23N3O4S. The number of sulfonamides is 1. The van der Waals surface area contributed by atoms with E-state index < -0.39 is 16.1 Å². The topological polar surface area (TPSA) is 95.6 Å². The molecule has 0 aromatic heterocycles. The summed E-state index contributed by atoms with van der Waals surface area (Å²) in [6.45, 7) is 0.546. The molecule has 1 saturated heterocycles. The molecule has 1 heterocycles. The smallest absolute Gasteiger partial charge is 0.261 e. The van der Waals surface area contributed by atoms with Crippen molar-refractivity contribution in [2.75, 3.05) is 11.3 Å². The van der Waals surface area contributed by atoms with Gasteiger partial charge in [0.15, 0.2) is 0 Å². The van der Waals surface area contributed by atoms with Gasteiger partial charge in [-0.15, -0.1) is 0 Å². The van der Waals surface area contributed by atoms with Gasteiger partial charge in [-0.2, -0.15) is 0 Å². The van der Waals surface area contributed by atoms with Gasteiger partial charge in [0.1, 0.15) is 6.04 Å². The molecule has 29 heavy (non-hydrogen) atoms. The summed E-state index contributed by atoms with van der Waals surface area (Å²) in [6.07, 6.45) is 3.47. The summed E-state index contributed by atoms with van der Waals surface area (Å²) < 4.78 is 27.3. The van der Waals surface area contributed by atoms with E-state index >= 15 is 0 Å². The Labute approximate surface area is 170 Å². The highest BCUT2D eigenvalue weighted by atomic mass is 32.2. The molecule has 2 N–H and O–H groups in total. The molecule has 1 aliphatic carbocycles. The van der Waals surface area contributed by atoms with Crippen LogP contribution in [0.4, 0.5) is 5.69 Å². The van der Waals surface area contributed by atoms with Crippen LogP contribution >= 0.6 is 0 Å². The molecule has 2 amide bonds. The van der Waals surface area contributed by atoms with E-state index in [-0.39, 0.29) is 22.8 Å². The van der Waals surface area contributed by atoms with Crippen LogP contribution in [0.5, 0.6) is 0 Å². The van der Waals surface area contributed by atoms with Gasteiger partial charge in [0.25, 0.3) is 15.9 Å². The largest absolute Gasteiger partial charge is 0.352 e. The summed E-state index contributed by atoms with van der Waals surface area (Å²) in [5.41, 5.74) is 0.800. The predicted molar refractivity (Wildman–Crippen MR) is 109 cm³/mol. The molecule has 0 radical (unpaired) electrons. The highest BCUT2D eigenvalue weighted by Crippen LogP contribution is 2.24. The second-order valence-corrected chi connectivity index (χ2v) is 9.12. The Kier molecular flexibility index (Phi) is 5.27. The quantitative estimate of drug-likeness (QED) is 0.760. The molecule has 1 aliphatic heterocycles. The van der Waals surface area contributed by atoms with Crippen molar-refractivity contribution in [3.05, 3.63) is 60.2 Å². The van der Waals surface area contributed by atoms with Crippen molar-refractivity contribution in [2.45, 2.75) is 42.7 Å². The Morgan fingerprint density at radius 3 is 2.28 bits per heavy atom. The molecule has 152 valence electrons. The van der Waals surface area contributed by atoms with Crippen LogP contribution in [0.25, 0.3) is 0 Å². The summed E-state index contributed by atoms with van der Waals surface area (Å²) in [4.78, 5) is 27.1. The number of nitrogens with zero attached hydrogens (tertiary/aromatic N) is 1. The summed E-state index contributed by atoms with van der Waals surface area (Å²) >= 11 is 0. The minimum atomic E-state index is -3.69. The van der Waals surface area contributed by atoms with Gasteiger partial charge in [-0.05, 0) is 62.1 Å². The van der Waals surface area contributed by atoms with Crippen LogP contribution in [0.2, 0.25) is 0 Å². The number of hydrogen-bond donors (Lipinski definition) is 2. The van der Waals surface area contributed by atoms with E-state index in [0.717, 1.165) is 19.3 Å². The molecule has 0 spiro atoms. The lowest BCUT2D eigenvalue weighted by molar-refractivity contribution is -0.125. The number of carbonyl (C=O) groups excluding carboxylic acids is 2. The minimum absolute atomic E-state index is 0.0782. The van der Waals surface area contributed by atoms with Crippen LogP contribution in [0.1, 0.15) is 36.0 Å². The maximum atomic E-state index is 12.9. The molecule has 2 aromatic rings. The van der Waals surface area contributed by atoms with Crippen molar-refractivity contribution in [1.82, 2.24) is 10.2 Å². The normalized spacial score (nSPS) is 19.0. The SMILES string of the molecule is O=C(NC1CC1)C1CCCN1C(=O)c1ccc(NS(=O)(=O)c2ccccc2)cc1. The number of amides is 2. The van der Waals surface area contributed by atoms with Crippen molar-refractivity contribution in [2.24, 2.45) is 0 Å². The monoisotopic (exact) mass is 413 g/mol. The van der Waals surface area contributed by atoms with E-state index in [1.807, 2.05) is 0 Å². The third-order valence-electron chi connectivity index (χ3n) is 5.18. The van der Waals surface area contributed by atoms with E-state index in [2.05, 4.69) is 10.0 Å². The highest BCUT2D eigenvalue weighted by molar-refractivity contribution is 7.92. The van der Waals surface area contributed by atoms with Gasteiger partial charge in [-0.25, -0.2) is 8.42 Å². The van der Waals surface area contributed by atoms with Gasteiger partial charge in [0.05, 0.1) is 4.90 Å². The molecule has 1 unspecified atom stereocenters. The maximum Gasteiger partial charge on any atom is 0.261 e. The molecular weight excluding hydrogens is 390 g/mol. The average molecular weight is 413 g/mol. The van der Waals surface area contributed by atoms with Gasteiger partial charge in [0.2, 0.25) is 5.91 Å². The minimum Gasteiger partial charge on any atom is -0.352 e. The third kappa shape index (κ3) is 4.42. The highest BCUT2D eigenvalue weighted by Gasteiger charge is 2.36. The average Bonchev–Trinajstić information content (AvgIpc) is 3.40. The third-order valence-corrected chi connectivity index (χ3v) is 6.57.